The number of hydrogen-bond acceptors (Lipinski definition) is 5. The Balaban J connectivity index is 1.41. The molecule has 3 atom stereocenters. The van der Waals surface area contributed by atoms with E-state index < -0.39 is 0 Å². The lowest BCUT2D eigenvalue weighted by atomic mass is 9.74. The van der Waals surface area contributed by atoms with Crippen molar-refractivity contribution in [2.24, 2.45) is 0 Å². The van der Waals surface area contributed by atoms with Crippen LogP contribution in [0.2, 0.25) is 0 Å². The fraction of sp³-hybridized carbons (Fsp3) is 0.379. The molecule has 2 aliphatic rings. The normalized spacial score (nSPS) is 22.5. The molecular formula is C29H33N3O3. The van der Waals surface area contributed by atoms with E-state index in [1.54, 1.807) is 38.7 Å². The summed E-state index contributed by atoms with van der Waals surface area (Å²) in [5, 5.41) is 0. The molecular weight excluding hydrogens is 438 g/mol. The lowest BCUT2D eigenvalue weighted by Crippen LogP contribution is -2.68. The topological polar surface area (TPSA) is 54.9 Å². The molecule has 2 saturated heterocycles. The van der Waals surface area contributed by atoms with Crippen molar-refractivity contribution in [2.75, 3.05) is 40.5 Å². The fourth-order valence-electron chi connectivity index (χ4n) is 5.72. The van der Waals surface area contributed by atoms with Gasteiger partial charge in [-0.15, -0.1) is 0 Å². The molecule has 3 aromatic rings. The number of carbonyl (C=O) groups is 1. The molecule has 0 unspecified atom stereocenters. The Morgan fingerprint density at radius 1 is 0.971 bits per heavy atom. The van der Waals surface area contributed by atoms with Gasteiger partial charge in [0.25, 0.3) is 5.91 Å². The molecule has 35 heavy (non-hydrogen) atoms. The average Bonchev–Trinajstić information content (AvgIpc) is 2.90. The number of benzene rings is 2. The van der Waals surface area contributed by atoms with E-state index in [-0.39, 0.29) is 11.9 Å². The van der Waals surface area contributed by atoms with Crippen molar-refractivity contribution >= 4 is 5.91 Å². The van der Waals surface area contributed by atoms with Crippen molar-refractivity contribution in [3.05, 3.63) is 84.2 Å². The number of methoxy groups -OCH3 is 2. The Kier molecular flexibility index (Phi) is 7.11. The molecule has 0 spiro atoms. The third-order valence-corrected chi connectivity index (χ3v) is 7.45. The minimum Gasteiger partial charge on any atom is -0.496 e. The lowest BCUT2D eigenvalue weighted by Gasteiger charge is -2.57. The Bertz CT molecular complexity index is 1140. The van der Waals surface area contributed by atoms with Crippen LogP contribution in [-0.4, -0.2) is 73.2 Å². The summed E-state index contributed by atoms with van der Waals surface area (Å²) < 4.78 is 11.2. The first-order valence-electron chi connectivity index (χ1n) is 12.4. The molecule has 0 bridgehead atoms. The van der Waals surface area contributed by atoms with Crippen molar-refractivity contribution in [3.63, 3.8) is 0 Å². The molecule has 5 rings (SSSR count). The van der Waals surface area contributed by atoms with E-state index in [0.717, 1.165) is 49.4 Å². The quantitative estimate of drug-likeness (QED) is 0.531. The van der Waals surface area contributed by atoms with Gasteiger partial charge in [0.2, 0.25) is 0 Å². The van der Waals surface area contributed by atoms with Crippen LogP contribution in [0.3, 0.4) is 0 Å². The van der Waals surface area contributed by atoms with E-state index in [1.165, 1.54) is 5.56 Å². The maximum Gasteiger partial charge on any atom is 0.254 e. The number of hydrogen-bond donors (Lipinski definition) is 0. The lowest BCUT2D eigenvalue weighted by molar-refractivity contribution is -0.0680. The van der Waals surface area contributed by atoms with Gasteiger partial charge in [0, 0.05) is 61.7 Å². The second kappa shape index (κ2) is 10.6. The Morgan fingerprint density at radius 2 is 1.71 bits per heavy atom. The number of amides is 1. The molecule has 0 radical (unpaired) electrons. The Hall–Kier alpha value is -3.22. The molecule has 1 aromatic heterocycles. The molecule has 182 valence electrons. The second-order valence-corrected chi connectivity index (χ2v) is 9.37. The summed E-state index contributed by atoms with van der Waals surface area (Å²) in [5.74, 6) is 1.28. The molecule has 6 nitrogen and oxygen atoms in total. The summed E-state index contributed by atoms with van der Waals surface area (Å²) in [6.45, 7) is 3.25. The number of pyridine rings is 1. The summed E-state index contributed by atoms with van der Waals surface area (Å²) >= 11 is 0. The molecule has 2 aromatic carbocycles. The van der Waals surface area contributed by atoms with E-state index in [0.29, 0.717) is 24.1 Å². The first-order chi connectivity index (χ1) is 17.2. The van der Waals surface area contributed by atoms with Crippen LogP contribution in [0.15, 0.2) is 73.1 Å². The van der Waals surface area contributed by atoms with E-state index in [9.17, 15) is 4.79 Å². The number of aromatic nitrogens is 1. The zero-order valence-electron chi connectivity index (χ0n) is 20.5. The standard InChI is InChI=1S/C29H33N3O3/c1-34-20-26-28(22-11-9-21(10-12-22)24-7-3-4-8-27(24)35-2)25-19-31(17-5-6-18-32(25)26)29(33)23-13-15-30-16-14-23/h3-4,7-16,25-26,28H,5-6,17-20H2,1-2H3/t25-,26-,28-/m1/s1. The van der Waals surface area contributed by atoms with E-state index in [2.05, 4.69) is 40.2 Å². The van der Waals surface area contributed by atoms with Gasteiger partial charge in [-0.1, -0.05) is 42.5 Å². The number of fused-ring (bicyclic) bond motifs is 1. The smallest absolute Gasteiger partial charge is 0.254 e. The van der Waals surface area contributed by atoms with Gasteiger partial charge in [0.05, 0.1) is 13.7 Å². The van der Waals surface area contributed by atoms with Crippen molar-refractivity contribution in [3.8, 4) is 16.9 Å². The average molecular weight is 472 g/mol. The first kappa shape index (κ1) is 23.5. The van der Waals surface area contributed by atoms with Gasteiger partial charge >= 0.3 is 0 Å². The van der Waals surface area contributed by atoms with Crippen molar-refractivity contribution in [2.45, 2.75) is 30.8 Å². The third-order valence-electron chi connectivity index (χ3n) is 7.45. The van der Waals surface area contributed by atoms with Crippen molar-refractivity contribution in [1.82, 2.24) is 14.8 Å². The highest BCUT2D eigenvalue weighted by molar-refractivity contribution is 5.94. The highest BCUT2D eigenvalue weighted by Crippen LogP contribution is 2.43. The van der Waals surface area contributed by atoms with Gasteiger partial charge in [0.1, 0.15) is 5.75 Å². The Morgan fingerprint density at radius 3 is 2.46 bits per heavy atom. The van der Waals surface area contributed by atoms with Gasteiger partial charge in [-0.3, -0.25) is 14.7 Å². The number of carbonyl (C=O) groups excluding carboxylic acids is 1. The third kappa shape index (κ3) is 4.68. The molecule has 1 amide bonds. The van der Waals surface area contributed by atoms with Gasteiger partial charge in [-0.05, 0) is 48.7 Å². The summed E-state index contributed by atoms with van der Waals surface area (Å²) in [6, 6.07) is 21.1. The number of para-hydroxylation sites is 1. The summed E-state index contributed by atoms with van der Waals surface area (Å²) in [7, 11) is 3.48. The van der Waals surface area contributed by atoms with Crippen LogP contribution in [-0.2, 0) is 4.74 Å². The van der Waals surface area contributed by atoms with Gasteiger partial charge < -0.3 is 14.4 Å². The predicted molar refractivity (Wildman–Crippen MR) is 137 cm³/mol. The number of rotatable bonds is 6. The molecule has 2 fully saturated rings. The minimum atomic E-state index is 0.0923. The number of nitrogens with zero attached hydrogens (tertiary/aromatic N) is 3. The molecule has 6 heteroatoms. The zero-order chi connectivity index (χ0) is 24.2. The fourth-order valence-corrected chi connectivity index (χ4v) is 5.72. The maximum atomic E-state index is 13.3. The largest absolute Gasteiger partial charge is 0.496 e. The first-order valence-corrected chi connectivity index (χ1v) is 12.4. The predicted octanol–water partition coefficient (Wildman–Crippen LogP) is 4.48. The molecule has 3 heterocycles. The molecule has 0 saturated carbocycles. The number of ether oxygens (including phenoxy) is 2. The second-order valence-electron chi connectivity index (χ2n) is 9.37. The summed E-state index contributed by atoms with van der Waals surface area (Å²) in [6.07, 6.45) is 5.47. The maximum absolute atomic E-state index is 13.3. The monoisotopic (exact) mass is 471 g/mol. The molecule has 0 N–H and O–H groups in total. The van der Waals surface area contributed by atoms with Crippen LogP contribution < -0.4 is 4.74 Å². The summed E-state index contributed by atoms with van der Waals surface area (Å²) in [4.78, 5) is 21.9. The van der Waals surface area contributed by atoms with Crippen LogP contribution in [0, 0.1) is 0 Å². The van der Waals surface area contributed by atoms with Crippen molar-refractivity contribution < 1.29 is 14.3 Å². The SMILES string of the molecule is COC[C@@H]1[C@H](c2ccc(-c3ccccc3OC)cc2)[C@H]2CN(C(=O)c3ccncc3)CCCCN12. The van der Waals surface area contributed by atoms with Crippen LogP contribution in [0.4, 0.5) is 0 Å². The molecule has 2 aliphatic heterocycles. The van der Waals surface area contributed by atoms with Crippen LogP contribution in [0.5, 0.6) is 5.75 Å². The highest BCUT2D eigenvalue weighted by Gasteiger charge is 2.49. The molecule has 0 aliphatic carbocycles. The van der Waals surface area contributed by atoms with Gasteiger partial charge in [0.15, 0.2) is 0 Å². The van der Waals surface area contributed by atoms with E-state index in [1.807, 2.05) is 23.1 Å². The minimum absolute atomic E-state index is 0.0923. The van der Waals surface area contributed by atoms with Gasteiger partial charge in [-0.25, -0.2) is 0 Å². The van der Waals surface area contributed by atoms with E-state index >= 15 is 0 Å². The Labute approximate surface area is 207 Å². The van der Waals surface area contributed by atoms with Gasteiger partial charge in [-0.2, -0.15) is 0 Å². The highest BCUT2D eigenvalue weighted by atomic mass is 16.5. The van der Waals surface area contributed by atoms with Crippen LogP contribution in [0.25, 0.3) is 11.1 Å². The summed E-state index contributed by atoms with van der Waals surface area (Å²) in [5.41, 5.74) is 4.23. The van der Waals surface area contributed by atoms with Crippen molar-refractivity contribution in [1.29, 1.82) is 0 Å². The van der Waals surface area contributed by atoms with Crippen LogP contribution in [0.1, 0.15) is 34.7 Å². The van der Waals surface area contributed by atoms with Crippen LogP contribution >= 0.6 is 0 Å². The zero-order valence-corrected chi connectivity index (χ0v) is 20.5. The van der Waals surface area contributed by atoms with E-state index in [4.69, 9.17) is 9.47 Å².